The highest BCUT2D eigenvalue weighted by atomic mass is 35.5. The highest BCUT2D eigenvalue weighted by molar-refractivity contribution is 6.42. The van der Waals surface area contributed by atoms with E-state index in [1.165, 1.54) is 0 Å². The van der Waals surface area contributed by atoms with Gasteiger partial charge in [0.05, 0.1) is 35.1 Å². The van der Waals surface area contributed by atoms with E-state index in [4.69, 9.17) is 27.9 Å². The van der Waals surface area contributed by atoms with Crippen molar-refractivity contribution in [1.82, 2.24) is 10.2 Å². The van der Waals surface area contributed by atoms with E-state index in [9.17, 15) is 9.59 Å². The Balaban J connectivity index is 1.39. The monoisotopic (exact) mass is 385 g/mol. The van der Waals surface area contributed by atoms with E-state index in [1.807, 2.05) is 0 Å². The molecular formula is C17H21Cl2N3O3. The van der Waals surface area contributed by atoms with Gasteiger partial charge in [-0.3, -0.25) is 14.5 Å². The maximum atomic E-state index is 12.2. The molecule has 2 fully saturated rings. The second kappa shape index (κ2) is 8.36. The fourth-order valence-electron chi connectivity index (χ4n) is 2.88. The number of halogens is 2. The number of anilines is 1. The molecule has 2 unspecified atom stereocenters. The normalized spacial score (nSPS) is 23.1. The van der Waals surface area contributed by atoms with Gasteiger partial charge in [0.2, 0.25) is 11.8 Å². The minimum absolute atomic E-state index is 0.0532. The zero-order valence-corrected chi connectivity index (χ0v) is 15.3. The topological polar surface area (TPSA) is 70.7 Å². The van der Waals surface area contributed by atoms with Gasteiger partial charge >= 0.3 is 0 Å². The van der Waals surface area contributed by atoms with Crippen molar-refractivity contribution in [2.45, 2.75) is 6.42 Å². The van der Waals surface area contributed by atoms with E-state index in [2.05, 4.69) is 15.5 Å². The number of rotatable bonds is 6. The summed E-state index contributed by atoms with van der Waals surface area (Å²) in [6.45, 7) is 4.68. The summed E-state index contributed by atoms with van der Waals surface area (Å²) in [5, 5.41) is 6.51. The number of hydrogen-bond donors (Lipinski definition) is 2. The van der Waals surface area contributed by atoms with Crippen LogP contribution in [0.4, 0.5) is 5.69 Å². The number of carbonyl (C=O) groups excluding carboxylic acids is 2. The first-order chi connectivity index (χ1) is 12.0. The highest BCUT2D eigenvalue weighted by Crippen LogP contribution is 2.39. The van der Waals surface area contributed by atoms with Gasteiger partial charge in [-0.15, -0.1) is 0 Å². The first-order valence-electron chi connectivity index (χ1n) is 8.38. The highest BCUT2D eigenvalue weighted by Gasteiger charge is 2.47. The smallest absolute Gasteiger partial charge is 0.228 e. The first kappa shape index (κ1) is 18.5. The Hall–Kier alpha value is -1.34. The number of amides is 2. The number of nitrogens with one attached hydrogen (secondary N) is 2. The molecule has 1 saturated carbocycles. The summed E-state index contributed by atoms with van der Waals surface area (Å²) in [6.07, 6.45) is 0.580. The summed E-state index contributed by atoms with van der Waals surface area (Å²) in [5.41, 5.74) is 0.581. The van der Waals surface area contributed by atoms with Gasteiger partial charge in [0.15, 0.2) is 0 Å². The molecule has 2 N–H and O–H groups in total. The third kappa shape index (κ3) is 5.07. The van der Waals surface area contributed by atoms with Crippen LogP contribution in [0.2, 0.25) is 10.0 Å². The lowest BCUT2D eigenvalue weighted by Gasteiger charge is -2.26. The summed E-state index contributed by atoms with van der Waals surface area (Å²) in [4.78, 5) is 26.6. The lowest BCUT2D eigenvalue weighted by atomic mass is 10.2. The van der Waals surface area contributed by atoms with Crippen molar-refractivity contribution in [1.29, 1.82) is 0 Å². The maximum absolute atomic E-state index is 12.2. The minimum atomic E-state index is -0.280. The molecule has 136 valence electrons. The first-order valence-corrected chi connectivity index (χ1v) is 9.14. The van der Waals surface area contributed by atoms with E-state index in [0.29, 0.717) is 28.7 Å². The lowest BCUT2D eigenvalue weighted by Crippen LogP contribution is -2.41. The van der Waals surface area contributed by atoms with E-state index in [0.717, 1.165) is 32.8 Å². The molecule has 2 amide bonds. The number of carbonyl (C=O) groups is 2. The molecule has 25 heavy (non-hydrogen) atoms. The van der Waals surface area contributed by atoms with Crippen LogP contribution in [0.25, 0.3) is 0 Å². The van der Waals surface area contributed by atoms with Crippen molar-refractivity contribution in [3.8, 4) is 0 Å². The molecule has 1 aromatic rings. The summed E-state index contributed by atoms with van der Waals surface area (Å²) in [6, 6.07) is 4.91. The molecule has 0 bridgehead atoms. The standard InChI is InChI=1S/C17H21Cl2N3O3/c18-14-2-1-11(9-15(14)19)21-17(24)13-10-12(13)16(23)20-3-4-22-5-7-25-8-6-22/h1-2,9,12-13H,3-8,10H2,(H,20,23)(H,21,24). The largest absolute Gasteiger partial charge is 0.379 e. The molecule has 1 heterocycles. The Labute approximate surface area is 156 Å². The van der Waals surface area contributed by atoms with Crippen LogP contribution in [-0.4, -0.2) is 56.1 Å². The van der Waals surface area contributed by atoms with Crippen LogP contribution in [-0.2, 0) is 14.3 Å². The van der Waals surface area contributed by atoms with Crippen molar-refractivity contribution in [3.05, 3.63) is 28.2 Å². The number of morpholine rings is 1. The quantitative estimate of drug-likeness (QED) is 0.785. The Morgan fingerprint density at radius 1 is 1.12 bits per heavy atom. The van der Waals surface area contributed by atoms with Crippen LogP contribution >= 0.6 is 23.2 Å². The van der Waals surface area contributed by atoms with E-state index in [1.54, 1.807) is 18.2 Å². The molecule has 2 atom stereocenters. The van der Waals surface area contributed by atoms with E-state index < -0.39 is 0 Å². The average Bonchev–Trinajstić information content (AvgIpc) is 3.40. The Morgan fingerprint density at radius 2 is 1.84 bits per heavy atom. The SMILES string of the molecule is O=C(NCCN1CCOCC1)C1CC1C(=O)Nc1ccc(Cl)c(Cl)c1. The molecule has 3 rings (SSSR count). The number of ether oxygens (including phenoxy) is 1. The molecule has 0 spiro atoms. The average molecular weight is 386 g/mol. The molecule has 0 aromatic heterocycles. The van der Waals surface area contributed by atoms with Crippen LogP contribution < -0.4 is 10.6 Å². The van der Waals surface area contributed by atoms with Crippen molar-refractivity contribution in [2.24, 2.45) is 11.8 Å². The molecule has 1 aliphatic heterocycles. The second-order valence-electron chi connectivity index (χ2n) is 6.31. The predicted octanol–water partition coefficient (Wildman–Crippen LogP) is 2.02. The molecule has 1 saturated heterocycles. The van der Waals surface area contributed by atoms with Gasteiger partial charge in [-0.05, 0) is 24.6 Å². The third-order valence-electron chi connectivity index (χ3n) is 4.48. The van der Waals surface area contributed by atoms with Crippen LogP contribution in [0.1, 0.15) is 6.42 Å². The summed E-state index contributed by atoms with van der Waals surface area (Å²) in [5.74, 6) is -0.737. The fraction of sp³-hybridized carbons (Fsp3) is 0.529. The Morgan fingerprint density at radius 3 is 2.56 bits per heavy atom. The van der Waals surface area contributed by atoms with Crippen LogP contribution in [0.3, 0.4) is 0 Å². The molecule has 8 heteroatoms. The van der Waals surface area contributed by atoms with Crippen molar-refractivity contribution >= 4 is 40.7 Å². The number of hydrogen-bond acceptors (Lipinski definition) is 4. The molecular weight excluding hydrogens is 365 g/mol. The van der Waals surface area contributed by atoms with Gasteiger partial charge in [-0.2, -0.15) is 0 Å². The number of benzene rings is 1. The minimum Gasteiger partial charge on any atom is -0.379 e. The van der Waals surface area contributed by atoms with Crippen molar-refractivity contribution in [2.75, 3.05) is 44.7 Å². The van der Waals surface area contributed by atoms with Gasteiger partial charge in [-0.1, -0.05) is 23.2 Å². The lowest BCUT2D eigenvalue weighted by molar-refractivity contribution is -0.125. The van der Waals surface area contributed by atoms with E-state index in [-0.39, 0.29) is 23.7 Å². The van der Waals surface area contributed by atoms with Crippen LogP contribution in [0.15, 0.2) is 18.2 Å². The van der Waals surface area contributed by atoms with Crippen LogP contribution in [0, 0.1) is 11.8 Å². The van der Waals surface area contributed by atoms with Gasteiger partial charge in [0.1, 0.15) is 0 Å². The fourth-order valence-corrected chi connectivity index (χ4v) is 3.17. The van der Waals surface area contributed by atoms with E-state index >= 15 is 0 Å². The zero-order valence-electron chi connectivity index (χ0n) is 13.8. The third-order valence-corrected chi connectivity index (χ3v) is 5.22. The van der Waals surface area contributed by atoms with Gasteiger partial charge in [-0.25, -0.2) is 0 Å². The zero-order chi connectivity index (χ0) is 17.8. The molecule has 1 aliphatic carbocycles. The Kier molecular flexibility index (Phi) is 6.17. The molecule has 0 radical (unpaired) electrons. The van der Waals surface area contributed by atoms with Gasteiger partial charge < -0.3 is 15.4 Å². The molecule has 2 aliphatic rings. The Bertz CT molecular complexity index is 650. The van der Waals surface area contributed by atoms with Crippen LogP contribution in [0.5, 0.6) is 0 Å². The molecule has 6 nitrogen and oxygen atoms in total. The summed E-state index contributed by atoms with van der Waals surface area (Å²) in [7, 11) is 0. The van der Waals surface area contributed by atoms with Crippen molar-refractivity contribution in [3.63, 3.8) is 0 Å². The summed E-state index contributed by atoms with van der Waals surface area (Å²) >= 11 is 11.8. The van der Waals surface area contributed by atoms with Gasteiger partial charge in [0.25, 0.3) is 0 Å². The van der Waals surface area contributed by atoms with Crippen molar-refractivity contribution < 1.29 is 14.3 Å². The maximum Gasteiger partial charge on any atom is 0.228 e. The molecule has 1 aromatic carbocycles. The van der Waals surface area contributed by atoms with Gasteiger partial charge in [0, 0.05) is 31.9 Å². The number of nitrogens with zero attached hydrogens (tertiary/aromatic N) is 1. The summed E-state index contributed by atoms with van der Waals surface area (Å²) < 4.78 is 5.29. The second-order valence-corrected chi connectivity index (χ2v) is 7.13. The predicted molar refractivity (Wildman–Crippen MR) is 97.0 cm³/mol.